The Hall–Kier alpha value is -1.35. The van der Waals surface area contributed by atoms with Crippen molar-refractivity contribution >= 4 is 28.3 Å². The molecule has 3 rings (SSSR count). The van der Waals surface area contributed by atoms with Crippen LogP contribution in [0.15, 0.2) is 23.1 Å². The minimum atomic E-state index is -3.69. The molecule has 1 aliphatic heterocycles. The highest BCUT2D eigenvalue weighted by Crippen LogP contribution is 2.28. The van der Waals surface area contributed by atoms with Gasteiger partial charge in [0, 0.05) is 18.2 Å². The molecule has 2 fully saturated rings. The molecule has 0 bridgehead atoms. The van der Waals surface area contributed by atoms with Gasteiger partial charge in [0.1, 0.15) is 10.6 Å². The maximum atomic E-state index is 12.5. The third-order valence-corrected chi connectivity index (χ3v) is 6.16. The van der Waals surface area contributed by atoms with Crippen LogP contribution < -0.4 is 20.1 Å². The maximum absolute atomic E-state index is 12.5. The lowest BCUT2D eigenvalue weighted by Crippen LogP contribution is -2.28. The Morgan fingerprint density at radius 1 is 1.31 bits per heavy atom. The van der Waals surface area contributed by atoms with Crippen LogP contribution in [0.4, 0.5) is 0 Å². The minimum absolute atomic E-state index is 0. The fourth-order valence-electron chi connectivity index (χ4n) is 2.96. The number of carbonyl (C=O) groups excluding carboxylic acids is 1. The molecule has 0 aromatic heterocycles. The molecule has 3 N–H and O–H groups in total. The van der Waals surface area contributed by atoms with Gasteiger partial charge in [-0.25, -0.2) is 13.1 Å². The topological polar surface area (TPSA) is 96.5 Å². The van der Waals surface area contributed by atoms with Gasteiger partial charge in [0.15, 0.2) is 0 Å². The van der Waals surface area contributed by atoms with E-state index in [1.807, 2.05) is 0 Å². The maximum Gasteiger partial charge on any atom is 0.251 e. The Morgan fingerprint density at radius 2 is 2.08 bits per heavy atom. The molecule has 1 atom stereocenters. The van der Waals surface area contributed by atoms with Crippen molar-refractivity contribution in [1.82, 2.24) is 15.4 Å². The van der Waals surface area contributed by atoms with Crippen LogP contribution in [0, 0.1) is 5.92 Å². The Balaban J connectivity index is 0.00000243. The average molecular weight is 404 g/mol. The van der Waals surface area contributed by atoms with E-state index in [1.165, 1.54) is 19.2 Å². The Morgan fingerprint density at radius 3 is 2.69 bits per heavy atom. The first-order valence-corrected chi connectivity index (χ1v) is 10.2. The van der Waals surface area contributed by atoms with E-state index >= 15 is 0 Å². The molecule has 26 heavy (non-hydrogen) atoms. The third-order valence-electron chi connectivity index (χ3n) is 4.62. The second-order valence-corrected chi connectivity index (χ2v) is 8.35. The van der Waals surface area contributed by atoms with Crippen molar-refractivity contribution in [1.29, 1.82) is 0 Å². The number of rotatable bonds is 8. The second kappa shape index (κ2) is 9.03. The van der Waals surface area contributed by atoms with Crippen LogP contribution in [0.5, 0.6) is 5.75 Å². The number of benzene rings is 1. The summed E-state index contributed by atoms with van der Waals surface area (Å²) in [5.74, 6) is 0.563. The van der Waals surface area contributed by atoms with Crippen LogP contribution in [0.3, 0.4) is 0 Å². The van der Waals surface area contributed by atoms with E-state index in [-0.39, 0.29) is 35.0 Å². The van der Waals surface area contributed by atoms with Crippen LogP contribution in [0.1, 0.15) is 36.0 Å². The van der Waals surface area contributed by atoms with Crippen molar-refractivity contribution in [2.75, 3.05) is 26.7 Å². The number of hydrogen-bond acceptors (Lipinski definition) is 5. The predicted octanol–water partition coefficient (Wildman–Crippen LogP) is 1.29. The number of sulfonamides is 1. The molecule has 1 aromatic rings. The zero-order valence-corrected chi connectivity index (χ0v) is 16.4. The number of nitrogens with one attached hydrogen (secondary N) is 3. The molecule has 0 spiro atoms. The molecule has 1 amide bonds. The van der Waals surface area contributed by atoms with E-state index < -0.39 is 10.0 Å². The van der Waals surface area contributed by atoms with Gasteiger partial charge in [-0.2, -0.15) is 0 Å². The molecule has 9 heteroatoms. The summed E-state index contributed by atoms with van der Waals surface area (Å²) in [6.45, 7) is 2.61. The van der Waals surface area contributed by atoms with Gasteiger partial charge in [0.25, 0.3) is 5.91 Å². The molecule has 1 aromatic carbocycles. The Kier molecular flexibility index (Phi) is 7.28. The summed E-state index contributed by atoms with van der Waals surface area (Å²) in [7, 11) is -2.28. The first-order chi connectivity index (χ1) is 12.0. The van der Waals surface area contributed by atoms with Crippen LogP contribution in [-0.2, 0) is 10.0 Å². The lowest BCUT2D eigenvalue weighted by molar-refractivity contribution is 0.0951. The van der Waals surface area contributed by atoms with Gasteiger partial charge in [0.2, 0.25) is 10.0 Å². The van der Waals surface area contributed by atoms with Crippen molar-refractivity contribution in [3.63, 3.8) is 0 Å². The van der Waals surface area contributed by atoms with Gasteiger partial charge in [-0.05, 0) is 62.9 Å². The van der Waals surface area contributed by atoms with Gasteiger partial charge in [-0.15, -0.1) is 12.4 Å². The summed E-state index contributed by atoms with van der Waals surface area (Å²) in [4.78, 5) is 12.4. The highest BCUT2D eigenvalue weighted by Gasteiger charge is 2.30. The molecule has 1 unspecified atom stereocenters. The van der Waals surface area contributed by atoms with Crippen molar-refractivity contribution in [3.05, 3.63) is 23.8 Å². The average Bonchev–Trinajstić information content (AvgIpc) is 3.24. The molecule has 1 saturated carbocycles. The monoisotopic (exact) mass is 403 g/mol. The minimum Gasteiger partial charge on any atom is -0.495 e. The van der Waals surface area contributed by atoms with Crippen molar-refractivity contribution in [3.8, 4) is 5.75 Å². The summed E-state index contributed by atoms with van der Waals surface area (Å²) < 4.78 is 32.8. The molecule has 1 heterocycles. The van der Waals surface area contributed by atoms with Gasteiger partial charge < -0.3 is 15.4 Å². The Labute approximate surface area is 160 Å². The largest absolute Gasteiger partial charge is 0.495 e. The molecular weight excluding hydrogens is 378 g/mol. The number of halogens is 1. The van der Waals surface area contributed by atoms with E-state index in [4.69, 9.17) is 4.74 Å². The second-order valence-electron chi connectivity index (χ2n) is 6.66. The van der Waals surface area contributed by atoms with E-state index in [0.29, 0.717) is 18.0 Å². The lowest BCUT2D eigenvalue weighted by Gasteiger charge is -2.13. The number of methoxy groups -OCH3 is 1. The summed E-state index contributed by atoms with van der Waals surface area (Å²) in [5.41, 5.74) is 0.321. The molecule has 146 valence electrons. The summed E-state index contributed by atoms with van der Waals surface area (Å²) in [5, 5.41) is 6.17. The number of ether oxygens (including phenoxy) is 1. The molecule has 0 radical (unpaired) electrons. The number of hydrogen-bond donors (Lipinski definition) is 3. The summed E-state index contributed by atoms with van der Waals surface area (Å²) >= 11 is 0. The van der Waals surface area contributed by atoms with Crippen molar-refractivity contribution < 1.29 is 17.9 Å². The summed E-state index contributed by atoms with van der Waals surface area (Å²) in [6.07, 6.45) is 3.74. The lowest BCUT2D eigenvalue weighted by atomic mass is 10.1. The van der Waals surface area contributed by atoms with Gasteiger partial charge in [0.05, 0.1) is 7.11 Å². The molecule has 1 saturated heterocycles. The van der Waals surface area contributed by atoms with Crippen LogP contribution in [-0.4, -0.2) is 47.1 Å². The van der Waals surface area contributed by atoms with E-state index in [1.54, 1.807) is 6.07 Å². The smallest absolute Gasteiger partial charge is 0.251 e. The standard InChI is InChI=1S/C17H25N3O4S.ClH/c1-24-15-5-2-13(10-16(15)25(22,23)20-14-3-4-14)17(21)19-9-7-12-6-8-18-11-12;/h2,5,10,12,14,18,20H,3-4,6-9,11H2,1H3,(H,19,21);1H. The number of carbonyl (C=O) groups is 1. The third kappa shape index (κ3) is 5.33. The molecular formula is C17H26ClN3O4S. The van der Waals surface area contributed by atoms with E-state index in [2.05, 4.69) is 15.4 Å². The van der Waals surface area contributed by atoms with Crippen LogP contribution in [0.25, 0.3) is 0 Å². The fourth-order valence-corrected chi connectivity index (χ4v) is 4.46. The van der Waals surface area contributed by atoms with E-state index in [9.17, 15) is 13.2 Å². The zero-order chi connectivity index (χ0) is 17.9. The first-order valence-electron chi connectivity index (χ1n) is 8.69. The Bertz CT molecular complexity index is 732. The number of amides is 1. The predicted molar refractivity (Wildman–Crippen MR) is 102 cm³/mol. The SMILES string of the molecule is COc1ccc(C(=O)NCCC2CCNC2)cc1S(=O)(=O)NC1CC1.Cl. The normalized spacial score (nSPS) is 19.7. The molecule has 2 aliphatic rings. The van der Waals surface area contributed by atoms with Gasteiger partial charge in [-0.1, -0.05) is 0 Å². The first kappa shape index (κ1) is 21.0. The van der Waals surface area contributed by atoms with Crippen molar-refractivity contribution in [2.24, 2.45) is 5.92 Å². The van der Waals surface area contributed by atoms with E-state index in [0.717, 1.165) is 38.8 Å². The highest BCUT2D eigenvalue weighted by molar-refractivity contribution is 7.89. The van der Waals surface area contributed by atoms with Gasteiger partial charge in [-0.3, -0.25) is 4.79 Å². The molecule has 7 nitrogen and oxygen atoms in total. The summed E-state index contributed by atoms with van der Waals surface area (Å²) in [6, 6.07) is 4.49. The highest BCUT2D eigenvalue weighted by atomic mass is 35.5. The fraction of sp³-hybridized carbons (Fsp3) is 0.588. The van der Waals surface area contributed by atoms with Gasteiger partial charge >= 0.3 is 0 Å². The van der Waals surface area contributed by atoms with Crippen LogP contribution in [0.2, 0.25) is 0 Å². The quantitative estimate of drug-likeness (QED) is 0.607. The molecule has 1 aliphatic carbocycles. The zero-order valence-electron chi connectivity index (χ0n) is 14.8. The van der Waals surface area contributed by atoms with Crippen LogP contribution >= 0.6 is 12.4 Å². The van der Waals surface area contributed by atoms with Crippen molar-refractivity contribution in [2.45, 2.75) is 36.6 Å².